The number of carboxylic acid groups (broad SMARTS) is 1. The van der Waals surface area contributed by atoms with Crippen molar-refractivity contribution in [3.05, 3.63) is 64.0 Å². The summed E-state index contributed by atoms with van der Waals surface area (Å²) < 4.78 is 27.2. The van der Waals surface area contributed by atoms with Crippen LogP contribution in [0.25, 0.3) is 5.57 Å². The van der Waals surface area contributed by atoms with Crippen molar-refractivity contribution in [2.45, 2.75) is 55.7 Å². The molecule has 2 fully saturated rings. The van der Waals surface area contributed by atoms with E-state index >= 15 is 4.39 Å². The summed E-state index contributed by atoms with van der Waals surface area (Å²) in [6.07, 6.45) is 7.13. The van der Waals surface area contributed by atoms with E-state index in [9.17, 15) is 4.79 Å². The Balaban J connectivity index is 1.22. The minimum absolute atomic E-state index is 0.0233. The van der Waals surface area contributed by atoms with Crippen molar-refractivity contribution in [1.82, 2.24) is 5.16 Å². The lowest BCUT2D eigenvalue weighted by Gasteiger charge is -2.37. The topological polar surface area (TPSA) is 75.8 Å². The molecule has 9 heteroatoms. The third kappa shape index (κ3) is 5.27. The van der Waals surface area contributed by atoms with Gasteiger partial charge in [-0.25, -0.2) is 9.18 Å². The maximum atomic E-state index is 15.6. The maximum absolute atomic E-state index is 15.6. The van der Waals surface area contributed by atoms with Gasteiger partial charge in [0.2, 0.25) is 0 Å². The largest absolute Gasteiger partial charge is 0.478 e. The van der Waals surface area contributed by atoms with Crippen molar-refractivity contribution < 1.29 is 23.6 Å². The van der Waals surface area contributed by atoms with E-state index in [0.717, 1.165) is 35.4 Å². The first kappa shape index (κ1) is 24.3. The number of anilines is 1. The van der Waals surface area contributed by atoms with Gasteiger partial charge in [-0.3, -0.25) is 0 Å². The average molecular weight is 521 g/mol. The van der Waals surface area contributed by atoms with E-state index in [-0.39, 0.29) is 24.2 Å². The van der Waals surface area contributed by atoms with Crippen molar-refractivity contribution in [3.8, 4) is 0 Å². The average Bonchev–Trinajstić information content (AvgIpc) is 3.61. The second-order valence-electron chi connectivity index (χ2n) is 9.50. The van der Waals surface area contributed by atoms with Gasteiger partial charge in [0, 0.05) is 53.7 Å². The highest BCUT2D eigenvalue weighted by molar-refractivity contribution is 6.38. The number of allylic oxidation sites excluding steroid dienone is 4. The number of piperidine rings is 1. The predicted octanol–water partition coefficient (Wildman–Crippen LogP) is 6.29. The molecule has 1 aromatic heterocycles. The second kappa shape index (κ2) is 9.96. The molecule has 0 radical (unpaired) electrons. The first-order valence-electron chi connectivity index (χ1n) is 11.9. The van der Waals surface area contributed by atoms with Gasteiger partial charge < -0.3 is 19.3 Å². The van der Waals surface area contributed by atoms with Crippen LogP contribution in [0.3, 0.4) is 0 Å². The number of hydrogen-bond acceptors (Lipinski definition) is 5. The molecule has 35 heavy (non-hydrogen) atoms. The molecule has 2 heterocycles. The van der Waals surface area contributed by atoms with E-state index in [4.69, 9.17) is 37.6 Å². The summed E-state index contributed by atoms with van der Waals surface area (Å²) in [5, 5.41) is 13.6. The Hall–Kier alpha value is -2.35. The zero-order valence-electron chi connectivity index (χ0n) is 19.2. The van der Waals surface area contributed by atoms with Gasteiger partial charge in [0.1, 0.15) is 17.1 Å². The number of rotatable bonds is 8. The van der Waals surface area contributed by atoms with Crippen molar-refractivity contribution in [2.75, 3.05) is 24.6 Å². The van der Waals surface area contributed by atoms with Crippen LogP contribution in [0.15, 0.2) is 46.0 Å². The number of benzene rings is 1. The monoisotopic (exact) mass is 520 g/mol. The fourth-order valence-electron chi connectivity index (χ4n) is 4.71. The molecule has 5 rings (SSSR count). The van der Waals surface area contributed by atoms with Crippen LogP contribution in [-0.4, -0.2) is 47.0 Å². The molecular weight excluding hydrogens is 494 g/mol. The Bertz CT molecular complexity index is 1150. The van der Waals surface area contributed by atoms with Gasteiger partial charge in [0.15, 0.2) is 0 Å². The minimum Gasteiger partial charge on any atom is -0.478 e. The zero-order valence-corrected chi connectivity index (χ0v) is 20.7. The van der Waals surface area contributed by atoms with Crippen LogP contribution in [0.1, 0.15) is 65.4 Å². The summed E-state index contributed by atoms with van der Waals surface area (Å²) in [6, 6.07) is 6.67. The first-order chi connectivity index (χ1) is 16.8. The molecule has 1 unspecified atom stereocenters. The van der Waals surface area contributed by atoms with E-state index in [0.29, 0.717) is 49.0 Å². The van der Waals surface area contributed by atoms with E-state index in [1.54, 1.807) is 24.3 Å². The summed E-state index contributed by atoms with van der Waals surface area (Å²) >= 11 is 13.0. The van der Waals surface area contributed by atoms with Gasteiger partial charge in [-0.05, 0) is 49.6 Å². The molecule has 2 aromatic rings. The number of halogens is 3. The number of aromatic nitrogens is 1. The lowest BCUT2D eigenvalue weighted by atomic mass is 9.93. The Morgan fingerprint density at radius 3 is 2.60 bits per heavy atom. The molecule has 6 nitrogen and oxygen atoms in total. The normalized spacial score (nSPS) is 22.0. The molecule has 0 amide bonds. The van der Waals surface area contributed by atoms with Crippen LogP contribution in [0.4, 0.5) is 10.1 Å². The molecule has 1 saturated heterocycles. The van der Waals surface area contributed by atoms with Crippen molar-refractivity contribution in [2.24, 2.45) is 0 Å². The number of alkyl halides is 2. The minimum atomic E-state index is -1.44. The highest BCUT2D eigenvalue weighted by Gasteiger charge is 2.37. The van der Waals surface area contributed by atoms with E-state index < -0.39 is 11.6 Å². The number of hydrogen-bond donors (Lipinski definition) is 1. The molecule has 1 aliphatic heterocycles. The van der Waals surface area contributed by atoms with Crippen LogP contribution in [0.5, 0.6) is 0 Å². The molecule has 1 saturated carbocycles. The highest BCUT2D eigenvalue weighted by Crippen LogP contribution is 2.45. The Labute approximate surface area is 213 Å². The van der Waals surface area contributed by atoms with Gasteiger partial charge in [0.25, 0.3) is 0 Å². The molecule has 1 atom stereocenters. The number of carboxylic acids is 1. The fraction of sp³-hybridized carbons (Fsp3) is 0.462. The van der Waals surface area contributed by atoms with E-state index in [2.05, 4.69) is 10.1 Å². The van der Waals surface area contributed by atoms with E-state index in [1.165, 1.54) is 0 Å². The summed E-state index contributed by atoms with van der Waals surface area (Å²) in [5.74, 6) is 0.149. The molecule has 1 aromatic carbocycles. The smallest absolute Gasteiger partial charge is 0.335 e. The van der Waals surface area contributed by atoms with Gasteiger partial charge >= 0.3 is 5.97 Å². The third-order valence-electron chi connectivity index (χ3n) is 6.95. The van der Waals surface area contributed by atoms with Gasteiger partial charge in [-0.2, -0.15) is 0 Å². The summed E-state index contributed by atoms with van der Waals surface area (Å²) in [4.78, 5) is 13.1. The van der Waals surface area contributed by atoms with Gasteiger partial charge in [-0.15, -0.1) is 11.6 Å². The fourth-order valence-corrected chi connectivity index (χ4v) is 5.40. The van der Waals surface area contributed by atoms with Gasteiger partial charge in [-0.1, -0.05) is 22.8 Å². The Morgan fingerprint density at radius 1 is 1.26 bits per heavy atom. The maximum Gasteiger partial charge on any atom is 0.335 e. The SMILES string of the molecule is O=C(O)c1ccc(N2CCC(F)(COCc3c(C4=C(Cl)C=CCC4Cl)noc3C3CC3)CC2)cc1. The number of ether oxygens (including phenoxy) is 1. The standard InChI is InChI=1S/C26H27Cl2FN2O4/c27-20-2-1-3-21(28)22(20)23-19(24(35-30-23)16-4-5-16)14-34-15-26(29)10-12-31(13-11-26)18-8-6-17(7-9-18)25(32)33/h1-2,6-9,16,21H,3-5,10-15H2,(H,32,33). The quantitative estimate of drug-likeness (QED) is 0.412. The van der Waals surface area contributed by atoms with Crippen LogP contribution in [0.2, 0.25) is 0 Å². The zero-order chi connectivity index (χ0) is 24.6. The molecule has 1 N–H and O–H groups in total. The lowest BCUT2D eigenvalue weighted by Crippen LogP contribution is -2.44. The third-order valence-corrected chi connectivity index (χ3v) is 7.67. The predicted molar refractivity (Wildman–Crippen MR) is 133 cm³/mol. The second-order valence-corrected chi connectivity index (χ2v) is 10.4. The van der Waals surface area contributed by atoms with Crippen LogP contribution in [-0.2, 0) is 11.3 Å². The molecule has 3 aliphatic rings. The molecule has 0 bridgehead atoms. The van der Waals surface area contributed by atoms with Crippen LogP contribution in [0, 0.1) is 0 Å². The summed E-state index contributed by atoms with van der Waals surface area (Å²) in [5.41, 5.74) is 1.87. The number of aromatic carboxylic acids is 1. The van der Waals surface area contributed by atoms with Gasteiger partial charge in [0.05, 0.1) is 24.2 Å². The van der Waals surface area contributed by atoms with Crippen LogP contribution < -0.4 is 4.90 Å². The molecule has 0 spiro atoms. The Morgan fingerprint density at radius 2 is 1.97 bits per heavy atom. The number of carbonyl (C=O) groups is 1. The van der Waals surface area contributed by atoms with Crippen molar-refractivity contribution >= 4 is 40.4 Å². The number of nitrogens with zero attached hydrogens (tertiary/aromatic N) is 2. The first-order valence-corrected chi connectivity index (χ1v) is 12.7. The highest BCUT2D eigenvalue weighted by atomic mass is 35.5. The van der Waals surface area contributed by atoms with E-state index in [1.807, 2.05) is 12.2 Å². The summed E-state index contributed by atoms with van der Waals surface area (Å²) in [6.45, 7) is 1.23. The lowest BCUT2D eigenvalue weighted by molar-refractivity contribution is -0.00772. The van der Waals surface area contributed by atoms with Crippen molar-refractivity contribution in [1.29, 1.82) is 0 Å². The Kier molecular flexibility index (Phi) is 6.93. The molecule has 186 valence electrons. The molecular formula is C26H27Cl2FN2O4. The molecule has 2 aliphatic carbocycles. The van der Waals surface area contributed by atoms with Crippen molar-refractivity contribution in [3.63, 3.8) is 0 Å². The summed E-state index contributed by atoms with van der Waals surface area (Å²) in [7, 11) is 0. The van der Waals surface area contributed by atoms with Crippen LogP contribution >= 0.6 is 23.2 Å².